The van der Waals surface area contributed by atoms with E-state index >= 15 is 0 Å². The molecule has 0 spiro atoms. The minimum absolute atomic E-state index is 0.0339. The van der Waals surface area contributed by atoms with Crippen LogP contribution in [0.2, 0.25) is 0 Å². The van der Waals surface area contributed by atoms with Gasteiger partial charge < -0.3 is 20.7 Å². The van der Waals surface area contributed by atoms with Gasteiger partial charge in [-0.25, -0.2) is 0 Å². The van der Waals surface area contributed by atoms with Gasteiger partial charge in [-0.15, -0.1) is 0 Å². The summed E-state index contributed by atoms with van der Waals surface area (Å²) in [6.45, 7) is -0.736. The largest absolute Gasteiger partial charge is 0.457 e. The van der Waals surface area contributed by atoms with Crippen LogP contribution in [-0.4, -0.2) is 29.0 Å². The van der Waals surface area contributed by atoms with Crippen LogP contribution in [0.4, 0.5) is 26.3 Å². The third-order valence-electron chi connectivity index (χ3n) is 4.49. The van der Waals surface area contributed by atoms with Gasteiger partial charge in [0, 0.05) is 0 Å². The molecule has 4 nitrogen and oxygen atoms in total. The number of aryl methyl sites for hydroxylation is 1. The lowest BCUT2D eigenvalue weighted by Gasteiger charge is -2.24. The van der Waals surface area contributed by atoms with Crippen LogP contribution < -0.4 is 10.5 Å². The number of alkyl halides is 6. The highest BCUT2D eigenvalue weighted by atomic mass is 19.4. The summed E-state index contributed by atoms with van der Waals surface area (Å²) in [7, 11) is 0. The Morgan fingerprint density at radius 1 is 0.767 bits per heavy atom. The number of ether oxygens (including phenoxy) is 1. The van der Waals surface area contributed by atoms with Crippen LogP contribution in [0.25, 0.3) is 0 Å². The van der Waals surface area contributed by atoms with E-state index in [0.29, 0.717) is 31.4 Å². The Kier molecular flexibility index (Phi) is 7.38. The number of hydrogen-bond acceptors (Lipinski definition) is 4. The SMILES string of the molecule is NC(CO)(CO)CCCc1ccc(Oc2cc(C(F)(F)F)cc(C(F)(F)F)c2)cc1. The first-order chi connectivity index (χ1) is 13.9. The summed E-state index contributed by atoms with van der Waals surface area (Å²) >= 11 is 0. The molecule has 0 amide bonds. The van der Waals surface area contributed by atoms with Crippen molar-refractivity contribution >= 4 is 0 Å². The van der Waals surface area contributed by atoms with Gasteiger partial charge in [0.25, 0.3) is 0 Å². The van der Waals surface area contributed by atoms with Crippen LogP contribution in [0, 0.1) is 0 Å². The van der Waals surface area contributed by atoms with E-state index in [1.807, 2.05) is 0 Å². The fourth-order valence-electron chi connectivity index (χ4n) is 2.70. The second kappa shape index (κ2) is 9.23. The predicted octanol–water partition coefficient (Wildman–Crippen LogP) is 4.52. The molecule has 2 rings (SSSR count). The van der Waals surface area contributed by atoms with Crippen molar-refractivity contribution < 1.29 is 41.3 Å². The highest BCUT2D eigenvalue weighted by Crippen LogP contribution is 2.39. The van der Waals surface area contributed by atoms with Crippen molar-refractivity contribution in [1.29, 1.82) is 0 Å². The molecular weight excluding hydrogens is 416 g/mol. The van der Waals surface area contributed by atoms with Crippen molar-refractivity contribution in [3.05, 3.63) is 59.2 Å². The Morgan fingerprint density at radius 2 is 1.27 bits per heavy atom. The molecule has 0 saturated heterocycles. The normalized spacial score (nSPS) is 12.8. The molecule has 0 radical (unpaired) electrons. The van der Waals surface area contributed by atoms with Crippen molar-refractivity contribution in [3.63, 3.8) is 0 Å². The number of benzene rings is 2. The first kappa shape index (κ1) is 24.0. The first-order valence-corrected chi connectivity index (χ1v) is 8.93. The van der Waals surface area contributed by atoms with E-state index in [2.05, 4.69) is 0 Å². The molecule has 0 unspecified atom stereocenters. The smallest absolute Gasteiger partial charge is 0.416 e. The van der Waals surface area contributed by atoms with E-state index < -0.39 is 34.8 Å². The fraction of sp³-hybridized carbons (Fsp3) is 0.400. The molecule has 2 aromatic rings. The van der Waals surface area contributed by atoms with Gasteiger partial charge in [0.05, 0.1) is 29.9 Å². The van der Waals surface area contributed by atoms with Crippen LogP contribution in [-0.2, 0) is 18.8 Å². The lowest BCUT2D eigenvalue weighted by molar-refractivity contribution is -0.143. The Hall–Kier alpha value is -2.30. The second-order valence-corrected chi connectivity index (χ2v) is 7.02. The van der Waals surface area contributed by atoms with Crippen molar-refractivity contribution in [1.82, 2.24) is 0 Å². The van der Waals surface area contributed by atoms with Crippen LogP contribution in [0.3, 0.4) is 0 Å². The lowest BCUT2D eigenvalue weighted by atomic mass is 9.94. The first-order valence-electron chi connectivity index (χ1n) is 8.93. The van der Waals surface area contributed by atoms with E-state index in [0.717, 1.165) is 5.56 Å². The van der Waals surface area contributed by atoms with Crippen LogP contribution >= 0.6 is 0 Å². The van der Waals surface area contributed by atoms with Gasteiger partial charge in [-0.05, 0) is 55.2 Å². The van der Waals surface area contributed by atoms with Gasteiger partial charge in [0.15, 0.2) is 0 Å². The summed E-state index contributed by atoms with van der Waals surface area (Å²) < 4.78 is 82.7. The van der Waals surface area contributed by atoms with E-state index in [1.54, 1.807) is 12.1 Å². The highest BCUT2D eigenvalue weighted by Gasteiger charge is 2.37. The van der Waals surface area contributed by atoms with E-state index in [9.17, 15) is 26.3 Å². The van der Waals surface area contributed by atoms with Gasteiger partial charge in [-0.3, -0.25) is 0 Å². The molecule has 166 valence electrons. The minimum atomic E-state index is -4.95. The number of rotatable bonds is 8. The zero-order valence-corrected chi connectivity index (χ0v) is 15.7. The standard InChI is InChI=1S/C20H21F6NO3/c21-19(22,23)14-8-15(20(24,25)26)10-17(9-14)30-16-5-3-13(4-6-16)2-1-7-18(27,11-28)12-29/h3-6,8-10,28-29H,1-2,7,11-12,27H2. The van der Waals surface area contributed by atoms with Gasteiger partial charge in [-0.2, -0.15) is 26.3 Å². The molecule has 0 aromatic heterocycles. The number of aliphatic hydroxyl groups is 2. The lowest BCUT2D eigenvalue weighted by Crippen LogP contribution is -2.47. The average molecular weight is 437 g/mol. The number of hydrogen-bond donors (Lipinski definition) is 3. The monoisotopic (exact) mass is 437 g/mol. The Bertz CT molecular complexity index is 798. The molecule has 0 saturated carbocycles. The number of aliphatic hydroxyl groups excluding tert-OH is 2. The van der Waals surface area contributed by atoms with E-state index in [-0.39, 0.29) is 25.0 Å². The Balaban J connectivity index is 2.11. The van der Waals surface area contributed by atoms with Crippen LogP contribution in [0.5, 0.6) is 11.5 Å². The molecule has 0 fully saturated rings. The summed E-state index contributed by atoms with van der Waals surface area (Å²) in [5, 5.41) is 18.3. The topological polar surface area (TPSA) is 75.7 Å². The molecular formula is C20H21F6NO3. The van der Waals surface area contributed by atoms with Gasteiger partial charge in [-0.1, -0.05) is 12.1 Å². The predicted molar refractivity (Wildman–Crippen MR) is 97.0 cm³/mol. The van der Waals surface area contributed by atoms with Gasteiger partial charge >= 0.3 is 12.4 Å². The van der Waals surface area contributed by atoms with Crippen LogP contribution in [0.15, 0.2) is 42.5 Å². The molecule has 0 heterocycles. The van der Waals surface area contributed by atoms with Crippen molar-refractivity contribution in [2.75, 3.05) is 13.2 Å². The van der Waals surface area contributed by atoms with E-state index in [4.69, 9.17) is 20.7 Å². The Morgan fingerprint density at radius 3 is 1.70 bits per heavy atom. The maximum atomic E-state index is 12.9. The van der Waals surface area contributed by atoms with E-state index in [1.165, 1.54) is 12.1 Å². The average Bonchev–Trinajstić information content (AvgIpc) is 2.67. The zero-order chi connectivity index (χ0) is 22.6. The van der Waals surface area contributed by atoms with Gasteiger partial charge in [0.2, 0.25) is 0 Å². The maximum Gasteiger partial charge on any atom is 0.416 e. The zero-order valence-electron chi connectivity index (χ0n) is 15.7. The molecule has 0 aliphatic carbocycles. The minimum Gasteiger partial charge on any atom is -0.457 e. The molecule has 0 bridgehead atoms. The Labute approximate surface area is 168 Å². The van der Waals surface area contributed by atoms with Crippen molar-refractivity contribution in [3.8, 4) is 11.5 Å². The third-order valence-corrected chi connectivity index (χ3v) is 4.49. The van der Waals surface area contributed by atoms with Crippen LogP contribution in [0.1, 0.15) is 29.5 Å². The third kappa shape index (κ3) is 6.61. The fourth-order valence-corrected chi connectivity index (χ4v) is 2.70. The van der Waals surface area contributed by atoms with Gasteiger partial charge in [0.1, 0.15) is 11.5 Å². The molecule has 4 N–H and O–H groups in total. The van der Waals surface area contributed by atoms with Crippen molar-refractivity contribution in [2.24, 2.45) is 5.73 Å². The molecule has 2 aromatic carbocycles. The summed E-state index contributed by atoms with van der Waals surface area (Å²) in [6.07, 6.45) is -8.45. The summed E-state index contributed by atoms with van der Waals surface area (Å²) in [4.78, 5) is 0. The quantitative estimate of drug-likeness (QED) is 0.531. The molecule has 0 aliphatic rings. The molecule has 30 heavy (non-hydrogen) atoms. The highest BCUT2D eigenvalue weighted by molar-refractivity contribution is 5.40. The molecule has 10 heteroatoms. The van der Waals surface area contributed by atoms with Crippen molar-refractivity contribution in [2.45, 2.75) is 37.2 Å². The number of halogens is 6. The molecule has 0 aliphatic heterocycles. The second-order valence-electron chi connectivity index (χ2n) is 7.02. The summed E-state index contributed by atoms with van der Waals surface area (Å²) in [6, 6.07) is 7.13. The molecule has 0 atom stereocenters. The summed E-state index contributed by atoms with van der Waals surface area (Å²) in [5.41, 5.74) is 2.60. The summed E-state index contributed by atoms with van der Waals surface area (Å²) in [5.74, 6) is -0.506. The number of nitrogens with two attached hydrogens (primary N) is 1. The maximum absolute atomic E-state index is 12.9.